The minimum Gasteiger partial charge on any atom is -0.340 e. The van der Waals surface area contributed by atoms with Crippen molar-refractivity contribution in [1.82, 2.24) is 24.9 Å². The van der Waals surface area contributed by atoms with Gasteiger partial charge >= 0.3 is 0 Å². The van der Waals surface area contributed by atoms with E-state index in [9.17, 15) is 9.18 Å². The molecule has 0 fully saturated rings. The van der Waals surface area contributed by atoms with E-state index in [1.165, 1.54) is 16.8 Å². The van der Waals surface area contributed by atoms with Crippen LogP contribution in [0.15, 0.2) is 54.9 Å². The number of carbonyl (C=O) groups is 1. The smallest absolute Gasteiger partial charge is 0.275 e. The van der Waals surface area contributed by atoms with Crippen LogP contribution in [-0.2, 0) is 13.0 Å². The number of likely N-dealkylation sites (N-methyl/N-ethyl adjacent to an activating group) is 1. The van der Waals surface area contributed by atoms with Crippen molar-refractivity contribution in [3.05, 3.63) is 77.6 Å². The first-order valence-corrected chi connectivity index (χ1v) is 7.92. The average Bonchev–Trinajstić information content (AvgIpc) is 3.08. The first kappa shape index (κ1) is 16.8. The molecule has 2 aromatic heterocycles. The molecule has 3 aromatic rings. The zero-order valence-electron chi connectivity index (χ0n) is 13.8. The Balaban J connectivity index is 1.60. The Labute approximate surface area is 144 Å². The molecule has 0 N–H and O–H groups in total. The van der Waals surface area contributed by atoms with Crippen molar-refractivity contribution >= 4 is 5.91 Å². The summed E-state index contributed by atoms with van der Waals surface area (Å²) in [6.45, 7) is 0.891. The third-order valence-corrected chi connectivity index (χ3v) is 3.77. The number of rotatable bonds is 6. The number of benzene rings is 1. The van der Waals surface area contributed by atoms with Crippen LogP contribution in [0.5, 0.6) is 0 Å². The molecule has 0 bridgehead atoms. The van der Waals surface area contributed by atoms with Gasteiger partial charge in [-0.15, -0.1) is 5.10 Å². The lowest BCUT2D eigenvalue weighted by atomic mass is 10.2. The largest absolute Gasteiger partial charge is 0.340 e. The summed E-state index contributed by atoms with van der Waals surface area (Å²) in [4.78, 5) is 18.2. The van der Waals surface area contributed by atoms with Gasteiger partial charge in [0.1, 0.15) is 5.82 Å². The number of nitrogens with zero attached hydrogens (tertiary/aromatic N) is 5. The minimum absolute atomic E-state index is 0.207. The molecule has 3 rings (SSSR count). The van der Waals surface area contributed by atoms with Crippen LogP contribution in [0, 0.1) is 5.82 Å². The summed E-state index contributed by atoms with van der Waals surface area (Å²) in [7, 11) is 1.72. The summed E-state index contributed by atoms with van der Waals surface area (Å²) in [5.41, 5.74) is 1.95. The van der Waals surface area contributed by atoms with E-state index >= 15 is 0 Å². The molecule has 7 heteroatoms. The zero-order valence-corrected chi connectivity index (χ0v) is 13.8. The van der Waals surface area contributed by atoms with Gasteiger partial charge in [-0.2, -0.15) is 0 Å². The molecular weight excluding hydrogens is 321 g/mol. The maximum absolute atomic E-state index is 13.2. The van der Waals surface area contributed by atoms with Crippen molar-refractivity contribution < 1.29 is 9.18 Å². The van der Waals surface area contributed by atoms with Crippen LogP contribution in [0.1, 0.15) is 21.7 Å². The molecule has 1 amide bonds. The predicted molar refractivity (Wildman–Crippen MR) is 90.4 cm³/mol. The van der Waals surface area contributed by atoms with Crippen LogP contribution in [0.25, 0.3) is 0 Å². The van der Waals surface area contributed by atoms with Gasteiger partial charge in [-0.3, -0.25) is 9.78 Å². The van der Waals surface area contributed by atoms with E-state index in [1.54, 1.807) is 36.5 Å². The Morgan fingerprint density at radius 1 is 1.24 bits per heavy atom. The van der Waals surface area contributed by atoms with E-state index < -0.39 is 0 Å². The first-order chi connectivity index (χ1) is 12.1. The summed E-state index contributed by atoms with van der Waals surface area (Å²) in [5.74, 6) is -0.510. The fraction of sp³-hybridized carbons (Fsp3) is 0.222. The Hall–Kier alpha value is -3.09. The van der Waals surface area contributed by atoms with Gasteiger partial charge in [0.2, 0.25) is 0 Å². The van der Waals surface area contributed by atoms with Crippen molar-refractivity contribution in [2.45, 2.75) is 13.0 Å². The molecule has 0 spiro atoms. The maximum atomic E-state index is 13.2. The van der Waals surface area contributed by atoms with Gasteiger partial charge in [-0.05, 0) is 29.8 Å². The highest BCUT2D eigenvalue weighted by molar-refractivity contribution is 5.91. The number of aromatic nitrogens is 4. The van der Waals surface area contributed by atoms with Gasteiger partial charge in [0.05, 0.1) is 12.7 Å². The van der Waals surface area contributed by atoms with Crippen LogP contribution in [0.4, 0.5) is 4.39 Å². The Morgan fingerprint density at radius 2 is 2.12 bits per heavy atom. The van der Waals surface area contributed by atoms with Gasteiger partial charge < -0.3 is 4.90 Å². The number of carbonyl (C=O) groups excluding carboxylic acids is 1. The van der Waals surface area contributed by atoms with Crippen LogP contribution >= 0.6 is 0 Å². The maximum Gasteiger partial charge on any atom is 0.275 e. The molecule has 0 atom stereocenters. The standard InChI is InChI=1S/C18H18FN5O/c1-23(10-8-16-7-2-3-9-20-16)18(25)17-13-24(22-21-17)12-14-5-4-6-15(19)11-14/h2-7,9,11,13H,8,10,12H2,1H3. The van der Waals surface area contributed by atoms with E-state index in [4.69, 9.17) is 0 Å². The van der Waals surface area contributed by atoms with E-state index in [0.29, 0.717) is 19.5 Å². The minimum atomic E-state index is -0.303. The lowest BCUT2D eigenvalue weighted by Gasteiger charge is -2.15. The second-order valence-electron chi connectivity index (χ2n) is 5.73. The molecule has 25 heavy (non-hydrogen) atoms. The number of hydrogen-bond donors (Lipinski definition) is 0. The number of pyridine rings is 1. The third-order valence-electron chi connectivity index (χ3n) is 3.77. The summed E-state index contributed by atoms with van der Waals surface area (Å²) in [6, 6.07) is 12.0. The summed E-state index contributed by atoms with van der Waals surface area (Å²) >= 11 is 0. The summed E-state index contributed by atoms with van der Waals surface area (Å²) < 4.78 is 14.7. The van der Waals surface area contributed by atoms with Gasteiger partial charge in [-0.1, -0.05) is 23.4 Å². The van der Waals surface area contributed by atoms with E-state index in [0.717, 1.165) is 11.3 Å². The number of hydrogen-bond acceptors (Lipinski definition) is 4. The normalized spacial score (nSPS) is 10.6. The molecule has 0 radical (unpaired) electrons. The molecule has 128 valence electrons. The Morgan fingerprint density at radius 3 is 2.88 bits per heavy atom. The van der Waals surface area contributed by atoms with Crippen LogP contribution in [0.3, 0.4) is 0 Å². The summed E-state index contributed by atoms with van der Waals surface area (Å²) in [5, 5.41) is 7.87. The zero-order chi connectivity index (χ0) is 17.6. The molecule has 0 saturated heterocycles. The molecule has 6 nitrogen and oxygen atoms in total. The van der Waals surface area contributed by atoms with Crippen molar-refractivity contribution in [3.63, 3.8) is 0 Å². The second-order valence-corrected chi connectivity index (χ2v) is 5.73. The van der Waals surface area contributed by atoms with E-state index in [-0.39, 0.29) is 17.4 Å². The van der Waals surface area contributed by atoms with Crippen molar-refractivity contribution in [2.75, 3.05) is 13.6 Å². The molecule has 1 aromatic carbocycles. The number of amides is 1. The average molecular weight is 339 g/mol. The lowest BCUT2D eigenvalue weighted by molar-refractivity contribution is 0.0790. The molecule has 0 aliphatic heterocycles. The van der Waals surface area contributed by atoms with E-state index in [1.807, 2.05) is 18.2 Å². The van der Waals surface area contributed by atoms with Crippen molar-refractivity contribution in [3.8, 4) is 0 Å². The fourth-order valence-corrected chi connectivity index (χ4v) is 2.42. The molecule has 2 heterocycles. The first-order valence-electron chi connectivity index (χ1n) is 7.92. The van der Waals surface area contributed by atoms with Crippen molar-refractivity contribution in [1.29, 1.82) is 0 Å². The SMILES string of the molecule is CN(CCc1ccccn1)C(=O)c1cn(Cc2cccc(F)c2)nn1. The Bertz CT molecular complexity index is 849. The highest BCUT2D eigenvalue weighted by Gasteiger charge is 2.16. The van der Waals surface area contributed by atoms with Gasteiger partial charge in [0, 0.05) is 31.9 Å². The predicted octanol–water partition coefficient (Wildman–Crippen LogP) is 2.18. The highest BCUT2D eigenvalue weighted by Crippen LogP contribution is 2.07. The summed E-state index contributed by atoms with van der Waals surface area (Å²) in [6.07, 6.45) is 3.97. The van der Waals surface area contributed by atoms with Crippen LogP contribution in [-0.4, -0.2) is 44.4 Å². The molecule has 0 aliphatic carbocycles. The van der Waals surface area contributed by atoms with Crippen LogP contribution < -0.4 is 0 Å². The number of halogens is 1. The van der Waals surface area contributed by atoms with Gasteiger partial charge in [-0.25, -0.2) is 9.07 Å². The fourth-order valence-electron chi connectivity index (χ4n) is 2.42. The van der Waals surface area contributed by atoms with Gasteiger partial charge in [0.15, 0.2) is 5.69 Å². The molecule has 0 unspecified atom stereocenters. The molecule has 0 aliphatic rings. The van der Waals surface area contributed by atoms with Crippen LogP contribution in [0.2, 0.25) is 0 Å². The molecule has 0 saturated carbocycles. The third kappa shape index (κ3) is 4.47. The lowest BCUT2D eigenvalue weighted by Crippen LogP contribution is -2.29. The van der Waals surface area contributed by atoms with Gasteiger partial charge in [0.25, 0.3) is 5.91 Å². The highest BCUT2D eigenvalue weighted by atomic mass is 19.1. The second kappa shape index (κ2) is 7.65. The monoisotopic (exact) mass is 339 g/mol. The molecular formula is C18H18FN5O. The topological polar surface area (TPSA) is 63.9 Å². The Kier molecular flexibility index (Phi) is 5.13. The van der Waals surface area contributed by atoms with E-state index in [2.05, 4.69) is 15.3 Å². The van der Waals surface area contributed by atoms with Crippen molar-refractivity contribution in [2.24, 2.45) is 0 Å². The quantitative estimate of drug-likeness (QED) is 0.690.